The summed E-state index contributed by atoms with van der Waals surface area (Å²) in [7, 11) is 0. The van der Waals surface area contributed by atoms with Crippen LogP contribution in [0.3, 0.4) is 0 Å². The Morgan fingerprint density at radius 1 is 1.38 bits per heavy atom. The van der Waals surface area contributed by atoms with Crippen LogP contribution in [-0.2, 0) is 9.53 Å². The van der Waals surface area contributed by atoms with E-state index in [2.05, 4.69) is 10.1 Å². The second-order valence-corrected chi connectivity index (χ2v) is 3.86. The molecule has 1 aromatic rings. The van der Waals surface area contributed by atoms with E-state index in [0.717, 1.165) is 18.2 Å². The van der Waals surface area contributed by atoms with Gasteiger partial charge in [0.15, 0.2) is 6.10 Å². The summed E-state index contributed by atoms with van der Waals surface area (Å²) in [6, 6.07) is 3.00. The molecule has 1 atom stereocenters. The molecule has 0 aliphatic heterocycles. The number of benzene rings is 1. The number of ether oxygens (including phenoxy) is 1. The van der Waals surface area contributed by atoms with E-state index in [0.29, 0.717) is 0 Å². The Labute approximate surface area is 118 Å². The quantitative estimate of drug-likeness (QED) is 0.428. The van der Waals surface area contributed by atoms with E-state index in [1.165, 1.54) is 0 Å². The van der Waals surface area contributed by atoms with E-state index in [-0.39, 0.29) is 18.8 Å². The number of hydrogen-bond donors (Lipinski definition) is 2. The van der Waals surface area contributed by atoms with Crippen LogP contribution in [0.4, 0.5) is 17.1 Å². The summed E-state index contributed by atoms with van der Waals surface area (Å²) >= 11 is 0. The topological polar surface area (TPSA) is 145 Å². The summed E-state index contributed by atoms with van der Waals surface area (Å²) in [5.41, 5.74) is -1.01. The molecule has 1 rings (SSSR count). The number of aliphatic hydroxyl groups is 1. The number of nitrogens with one attached hydrogen (secondary N) is 1. The smallest absolute Gasteiger partial charge is 0.336 e. The zero-order valence-electron chi connectivity index (χ0n) is 11.0. The predicted octanol–water partition coefficient (Wildman–Crippen LogP) is 0.839. The average molecular weight is 299 g/mol. The first-order chi connectivity index (χ1) is 9.86. The summed E-state index contributed by atoms with van der Waals surface area (Å²) < 4.78 is 4.57. The van der Waals surface area contributed by atoms with Gasteiger partial charge in [0.1, 0.15) is 5.69 Å². The van der Waals surface area contributed by atoms with Gasteiger partial charge >= 0.3 is 5.97 Å². The average Bonchev–Trinajstić information content (AvgIpc) is 2.44. The fraction of sp³-hybridized carbons (Fsp3) is 0.364. The van der Waals surface area contributed by atoms with Crippen molar-refractivity contribution in [1.29, 1.82) is 0 Å². The zero-order chi connectivity index (χ0) is 16.0. The van der Waals surface area contributed by atoms with Crippen molar-refractivity contribution in [3.8, 4) is 0 Å². The first-order valence-electron chi connectivity index (χ1n) is 5.88. The standard InChI is InChI=1S/C11H13N3O7/c1-2-21-11(16)10(15)6-12-8-4-3-7(13(17)18)5-9(8)14(19)20/h3-5,10,12,15H,2,6H2,1H3. The third-order valence-electron chi connectivity index (χ3n) is 2.43. The Morgan fingerprint density at radius 2 is 2.05 bits per heavy atom. The van der Waals surface area contributed by atoms with Gasteiger partial charge in [-0.15, -0.1) is 0 Å². The second-order valence-electron chi connectivity index (χ2n) is 3.86. The highest BCUT2D eigenvalue weighted by atomic mass is 16.6. The van der Waals surface area contributed by atoms with Gasteiger partial charge in [-0.1, -0.05) is 0 Å². The fourth-order valence-corrected chi connectivity index (χ4v) is 1.46. The Morgan fingerprint density at radius 3 is 2.57 bits per heavy atom. The van der Waals surface area contributed by atoms with Crippen LogP contribution in [0.2, 0.25) is 0 Å². The largest absolute Gasteiger partial charge is 0.464 e. The molecule has 0 spiro atoms. The molecule has 2 N–H and O–H groups in total. The van der Waals surface area contributed by atoms with Gasteiger partial charge in [-0.2, -0.15) is 0 Å². The molecule has 10 nitrogen and oxygen atoms in total. The monoisotopic (exact) mass is 299 g/mol. The van der Waals surface area contributed by atoms with E-state index in [4.69, 9.17) is 0 Å². The Bertz CT molecular complexity index is 561. The van der Waals surface area contributed by atoms with Gasteiger partial charge < -0.3 is 15.2 Å². The van der Waals surface area contributed by atoms with E-state index in [9.17, 15) is 30.1 Å². The van der Waals surface area contributed by atoms with Crippen LogP contribution in [-0.4, -0.2) is 40.2 Å². The van der Waals surface area contributed by atoms with Crippen molar-refractivity contribution in [3.05, 3.63) is 38.4 Å². The fourth-order valence-electron chi connectivity index (χ4n) is 1.46. The van der Waals surface area contributed by atoms with Crippen LogP contribution >= 0.6 is 0 Å². The minimum absolute atomic E-state index is 0.0473. The summed E-state index contributed by atoms with van der Waals surface area (Å²) in [6.45, 7) is 1.34. The lowest BCUT2D eigenvalue weighted by molar-refractivity contribution is -0.393. The lowest BCUT2D eigenvalue weighted by Gasteiger charge is -2.11. The van der Waals surface area contributed by atoms with E-state index < -0.39 is 33.3 Å². The Balaban J connectivity index is 2.86. The number of hydrogen-bond acceptors (Lipinski definition) is 8. The van der Waals surface area contributed by atoms with Crippen molar-refractivity contribution < 1.29 is 24.5 Å². The molecule has 10 heteroatoms. The van der Waals surface area contributed by atoms with Crippen molar-refractivity contribution in [2.24, 2.45) is 0 Å². The molecule has 0 bridgehead atoms. The van der Waals surface area contributed by atoms with Crippen molar-refractivity contribution in [2.75, 3.05) is 18.5 Å². The third kappa shape index (κ3) is 4.38. The van der Waals surface area contributed by atoms with Gasteiger partial charge in [0.25, 0.3) is 11.4 Å². The maximum atomic E-state index is 11.2. The van der Waals surface area contributed by atoms with Gasteiger partial charge in [-0.05, 0) is 13.0 Å². The van der Waals surface area contributed by atoms with Crippen molar-refractivity contribution in [3.63, 3.8) is 0 Å². The van der Waals surface area contributed by atoms with Crippen LogP contribution in [0.25, 0.3) is 0 Å². The van der Waals surface area contributed by atoms with E-state index in [1.54, 1.807) is 6.92 Å². The number of carbonyl (C=O) groups excluding carboxylic acids is 1. The summed E-state index contributed by atoms with van der Waals surface area (Å²) in [4.78, 5) is 31.1. The molecule has 0 radical (unpaired) electrons. The number of aliphatic hydroxyl groups excluding tert-OH is 1. The molecule has 0 aliphatic rings. The van der Waals surface area contributed by atoms with E-state index >= 15 is 0 Å². The molecule has 0 saturated heterocycles. The summed E-state index contributed by atoms with van der Waals surface area (Å²) in [5, 5.41) is 33.4. The molecule has 0 amide bonds. The number of nitro benzene ring substituents is 2. The first kappa shape index (κ1) is 16.3. The van der Waals surface area contributed by atoms with Crippen LogP contribution < -0.4 is 5.32 Å². The van der Waals surface area contributed by atoms with Crippen LogP contribution in [0.1, 0.15) is 6.92 Å². The van der Waals surface area contributed by atoms with E-state index in [1.807, 2.05) is 0 Å². The minimum atomic E-state index is -1.50. The lowest BCUT2D eigenvalue weighted by atomic mass is 10.2. The maximum absolute atomic E-state index is 11.2. The molecule has 114 valence electrons. The molecule has 1 unspecified atom stereocenters. The number of nitro groups is 2. The SMILES string of the molecule is CCOC(=O)C(O)CNc1ccc([N+](=O)[O-])cc1[N+](=O)[O-]. The predicted molar refractivity (Wildman–Crippen MR) is 70.9 cm³/mol. The van der Waals surface area contributed by atoms with Gasteiger partial charge in [-0.3, -0.25) is 20.2 Å². The molecule has 0 heterocycles. The third-order valence-corrected chi connectivity index (χ3v) is 2.43. The highest BCUT2D eigenvalue weighted by Gasteiger charge is 2.21. The highest BCUT2D eigenvalue weighted by Crippen LogP contribution is 2.28. The summed E-state index contributed by atoms with van der Waals surface area (Å²) in [6.07, 6.45) is -1.50. The number of anilines is 1. The van der Waals surface area contributed by atoms with Crippen molar-refractivity contribution in [1.82, 2.24) is 0 Å². The molecule has 0 fully saturated rings. The normalized spacial score (nSPS) is 11.5. The number of rotatable bonds is 7. The molecule has 21 heavy (non-hydrogen) atoms. The van der Waals surface area contributed by atoms with Gasteiger partial charge in [0.05, 0.1) is 29.1 Å². The van der Waals surface area contributed by atoms with Crippen molar-refractivity contribution >= 4 is 23.0 Å². The van der Waals surface area contributed by atoms with Crippen LogP contribution in [0, 0.1) is 20.2 Å². The Hall–Kier alpha value is -2.75. The molecule has 0 saturated carbocycles. The van der Waals surface area contributed by atoms with Gasteiger partial charge in [-0.25, -0.2) is 4.79 Å². The number of esters is 1. The molecule has 0 aromatic heterocycles. The summed E-state index contributed by atoms with van der Waals surface area (Å²) in [5.74, 6) is -0.866. The van der Waals surface area contributed by atoms with Crippen molar-refractivity contribution in [2.45, 2.75) is 13.0 Å². The highest BCUT2D eigenvalue weighted by molar-refractivity contribution is 5.75. The number of carbonyl (C=O) groups is 1. The van der Waals surface area contributed by atoms with Gasteiger partial charge in [0, 0.05) is 6.07 Å². The maximum Gasteiger partial charge on any atom is 0.336 e. The molecular weight excluding hydrogens is 286 g/mol. The van der Waals surface area contributed by atoms with Gasteiger partial charge in [0.2, 0.25) is 0 Å². The number of non-ortho nitro benzene ring substituents is 1. The minimum Gasteiger partial charge on any atom is -0.464 e. The number of nitrogens with zero attached hydrogens (tertiary/aromatic N) is 2. The first-order valence-corrected chi connectivity index (χ1v) is 5.88. The van der Waals surface area contributed by atoms with Crippen LogP contribution in [0.5, 0.6) is 0 Å². The molecular formula is C11H13N3O7. The lowest BCUT2D eigenvalue weighted by Crippen LogP contribution is -2.30. The second kappa shape index (κ2) is 7.14. The Kier molecular flexibility index (Phi) is 5.55. The van der Waals surface area contributed by atoms with Crippen LogP contribution in [0.15, 0.2) is 18.2 Å². The zero-order valence-corrected chi connectivity index (χ0v) is 11.0. The molecule has 0 aliphatic carbocycles. The molecule has 1 aromatic carbocycles.